The minimum Gasteiger partial charge on any atom is -0.496 e. The minimum atomic E-state index is -0.472. The molecule has 128 valence electrons. The summed E-state index contributed by atoms with van der Waals surface area (Å²) in [6.45, 7) is 0.310. The fourth-order valence-electron chi connectivity index (χ4n) is 2.10. The van der Waals surface area contributed by atoms with Gasteiger partial charge in [0.15, 0.2) is 4.77 Å². The van der Waals surface area contributed by atoms with Crippen molar-refractivity contribution in [3.05, 3.63) is 45.2 Å². The highest BCUT2D eigenvalue weighted by molar-refractivity contribution is 7.71. The van der Waals surface area contributed by atoms with Gasteiger partial charge in [-0.1, -0.05) is 0 Å². The van der Waals surface area contributed by atoms with Crippen molar-refractivity contribution in [3.8, 4) is 17.0 Å². The van der Waals surface area contributed by atoms with Gasteiger partial charge in [0.05, 0.1) is 19.3 Å². The third kappa shape index (κ3) is 4.10. The number of guanidine groups is 1. The average Bonchev–Trinajstić information content (AvgIpc) is 2.52. The molecule has 0 radical (unpaired) electrons. The summed E-state index contributed by atoms with van der Waals surface area (Å²) in [4.78, 5) is 19.2. The Balaban J connectivity index is 2.50. The summed E-state index contributed by atoms with van der Waals surface area (Å²) in [6.07, 6.45) is 0. The Morgan fingerprint density at radius 2 is 2.17 bits per heavy atom. The quantitative estimate of drug-likeness (QED) is 0.233. The highest BCUT2D eigenvalue weighted by Gasteiger charge is 2.13. The first-order valence-corrected chi connectivity index (χ1v) is 7.22. The number of rotatable bonds is 6. The van der Waals surface area contributed by atoms with E-state index in [-0.39, 0.29) is 23.9 Å². The van der Waals surface area contributed by atoms with Crippen molar-refractivity contribution in [2.24, 2.45) is 16.6 Å². The molecular formula is C14H16FN5O3S. The first-order valence-electron chi connectivity index (χ1n) is 6.81. The normalized spacial score (nSPS) is 10.2. The van der Waals surface area contributed by atoms with Crippen molar-refractivity contribution in [2.75, 3.05) is 13.7 Å². The largest absolute Gasteiger partial charge is 0.496 e. The molecule has 2 rings (SSSR count). The van der Waals surface area contributed by atoms with Crippen molar-refractivity contribution in [2.45, 2.75) is 6.54 Å². The Hall–Kier alpha value is -2.88. The van der Waals surface area contributed by atoms with E-state index >= 15 is 0 Å². The number of hydrogen-bond acceptors (Lipinski definition) is 5. The maximum atomic E-state index is 13.7. The van der Waals surface area contributed by atoms with E-state index in [1.54, 1.807) is 4.57 Å². The number of nitrogens with two attached hydrogens (primary N) is 2. The summed E-state index contributed by atoms with van der Waals surface area (Å²) in [5.74, 6) is -0.289. The van der Waals surface area contributed by atoms with Crippen molar-refractivity contribution in [1.29, 1.82) is 0 Å². The Bertz CT molecular complexity index is 873. The fraction of sp³-hybridized carbons (Fsp3) is 0.214. The van der Waals surface area contributed by atoms with Crippen LogP contribution in [-0.2, 0) is 11.4 Å². The van der Waals surface area contributed by atoms with Crippen molar-refractivity contribution in [3.63, 3.8) is 0 Å². The SMILES string of the molecule is COc1ccc(F)cc1-c1cc(=O)[nH]c(=S)n1CCON=C(N)N. The van der Waals surface area contributed by atoms with Gasteiger partial charge in [-0.05, 0) is 35.6 Å². The number of aromatic amines is 1. The second-order valence-electron chi connectivity index (χ2n) is 4.67. The number of methoxy groups -OCH3 is 1. The van der Waals surface area contributed by atoms with Crippen molar-refractivity contribution in [1.82, 2.24) is 9.55 Å². The van der Waals surface area contributed by atoms with Crippen LogP contribution in [0.1, 0.15) is 0 Å². The van der Waals surface area contributed by atoms with Crippen LogP contribution in [0.2, 0.25) is 0 Å². The topological polar surface area (TPSA) is 121 Å². The number of ether oxygens (including phenoxy) is 1. The molecule has 0 bridgehead atoms. The predicted octanol–water partition coefficient (Wildman–Crippen LogP) is 0.926. The molecule has 10 heteroatoms. The van der Waals surface area contributed by atoms with Gasteiger partial charge in [0.2, 0.25) is 5.96 Å². The van der Waals surface area contributed by atoms with Crippen LogP contribution in [0.3, 0.4) is 0 Å². The van der Waals surface area contributed by atoms with Crippen LogP contribution in [0.4, 0.5) is 4.39 Å². The molecule has 0 aliphatic carbocycles. The van der Waals surface area contributed by atoms with Gasteiger partial charge in [0, 0.05) is 11.6 Å². The number of nitrogens with zero attached hydrogens (tertiary/aromatic N) is 2. The molecule has 8 nitrogen and oxygen atoms in total. The van der Waals surface area contributed by atoms with Gasteiger partial charge in [-0.2, -0.15) is 0 Å². The number of halogens is 1. The second-order valence-corrected chi connectivity index (χ2v) is 5.06. The van der Waals surface area contributed by atoms with Gasteiger partial charge in [0.1, 0.15) is 18.2 Å². The van der Waals surface area contributed by atoms with Crippen LogP contribution in [0, 0.1) is 10.6 Å². The Morgan fingerprint density at radius 1 is 1.42 bits per heavy atom. The van der Waals surface area contributed by atoms with Crippen LogP contribution in [0.15, 0.2) is 34.2 Å². The molecule has 2 aromatic rings. The van der Waals surface area contributed by atoms with Gasteiger partial charge in [0.25, 0.3) is 5.56 Å². The van der Waals surface area contributed by atoms with E-state index in [9.17, 15) is 9.18 Å². The summed E-state index contributed by atoms with van der Waals surface area (Å²) < 4.78 is 20.6. The van der Waals surface area contributed by atoms with E-state index in [0.29, 0.717) is 17.0 Å². The Morgan fingerprint density at radius 3 is 2.83 bits per heavy atom. The molecule has 0 unspecified atom stereocenters. The third-order valence-corrected chi connectivity index (χ3v) is 3.37. The van der Waals surface area contributed by atoms with E-state index in [1.807, 2.05) is 0 Å². The summed E-state index contributed by atoms with van der Waals surface area (Å²) >= 11 is 5.17. The number of H-pyrrole nitrogens is 1. The molecule has 5 N–H and O–H groups in total. The minimum absolute atomic E-state index is 0.0862. The zero-order valence-electron chi connectivity index (χ0n) is 12.8. The smallest absolute Gasteiger partial charge is 0.252 e. The van der Waals surface area contributed by atoms with E-state index in [2.05, 4.69) is 10.1 Å². The molecule has 24 heavy (non-hydrogen) atoms. The number of benzene rings is 1. The van der Waals surface area contributed by atoms with Gasteiger partial charge in [-0.15, -0.1) is 0 Å². The average molecular weight is 353 g/mol. The summed E-state index contributed by atoms with van der Waals surface area (Å²) in [5, 5.41) is 3.41. The predicted molar refractivity (Wildman–Crippen MR) is 89.6 cm³/mol. The lowest BCUT2D eigenvalue weighted by atomic mass is 10.1. The highest BCUT2D eigenvalue weighted by atomic mass is 32.1. The van der Waals surface area contributed by atoms with Crippen molar-refractivity contribution >= 4 is 18.2 Å². The number of nitrogens with one attached hydrogen (secondary N) is 1. The molecule has 0 fully saturated rings. The Labute approximate surface area is 141 Å². The van der Waals surface area contributed by atoms with Gasteiger partial charge in [-0.3, -0.25) is 9.78 Å². The first-order chi connectivity index (χ1) is 11.4. The molecule has 0 saturated heterocycles. The molecular weight excluding hydrogens is 337 g/mol. The van der Waals surface area contributed by atoms with E-state index in [1.165, 1.54) is 31.4 Å². The summed E-state index contributed by atoms with van der Waals surface area (Å²) in [6, 6.07) is 5.29. The molecule has 1 aromatic heterocycles. The summed E-state index contributed by atoms with van der Waals surface area (Å²) in [7, 11) is 1.45. The standard InChI is InChI=1S/C14H16FN5O3S/c1-22-11-3-2-8(15)6-9(11)10-7-12(21)18-14(24)20(10)4-5-23-19-13(16)17/h2-3,6-7H,4-5H2,1H3,(H4,16,17,19)(H,18,21,24). The highest BCUT2D eigenvalue weighted by Crippen LogP contribution is 2.29. The zero-order chi connectivity index (χ0) is 17.7. The van der Waals surface area contributed by atoms with Gasteiger partial charge < -0.3 is 25.6 Å². The molecule has 0 atom stereocenters. The lowest BCUT2D eigenvalue weighted by molar-refractivity contribution is 0.134. The molecule has 0 saturated carbocycles. The van der Waals surface area contributed by atoms with Crippen LogP contribution < -0.4 is 21.8 Å². The maximum absolute atomic E-state index is 13.7. The molecule has 0 spiro atoms. The van der Waals surface area contributed by atoms with E-state index in [0.717, 1.165) is 0 Å². The number of hydrogen-bond donors (Lipinski definition) is 3. The lowest BCUT2D eigenvalue weighted by Gasteiger charge is -2.15. The molecule has 0 amide bonds. The fourth-order valence-corrected chi connectivity index (χ4v) is 2.39. The monoisotopic (exact) mass is 353 g/mol. The molecule has 1 heterocycles. The van der Waals surface area contributed by atoms with Gasteiger partial charge >= 0.3 is 0 Å². The van der Waals surface area contributed by atoms with Crippen LogP contribution >= 0.6 is 12.2 Å². The van der Waals surface area contributed by atoms with E-state index in [4.69, 9.17) is 33.3 Å². The lowest BCUT2D eigenvalue weighted by Crippen LogP contribution is -2.23. The van der Waals surface area contributed by atoms with E-state index < -0.39 is 11.4 Å². The molecule has 0 aliphatic heterocycles. The maximum Gasteiger partial charge on any atom is 0.252 e. The number of aromatic nitrogens is 2. The van der Waals surface area contributed by atoms with Crippen LogP contribution in [0.25, 0.3) is 11.3 Å². The third-order valence-electron chi connectivity index (χ3n) is 3.05. The summed E-state index contributed by atoms with van der Waals surface area (Å²) in [5.41, 5.74) is 10.7. The zero-order valence-corrected chi connectivity index (χ0v) is 13.6. The second kappa shape index (κ2) is 7.59. The Kier molecular flexibility index (Phi) is 5.53. The van der Waals surface area contributed by atoms with Crippen LogP contribution in [0.5, 0.6) is 5.75 Å². The first kappa shape index (κ1) is 17.5. The number of oxime groups is 1. The van der Waals surface area contributed by atoms with Crippen molar-refractivity contribution < 1.29 is 14.0 Å². The van der Waals surface area contributed by atoms with Gasteiger partial charge in [-0.25, -0.2) is 4.39 Å². The van der Waals surface area contributed by atoms with Crippen LogP contribution in [-0.4, -0.2) is 29.2 Å². The molecule has 0 aliphatic rings. The molecule has 1 aromatic carbocycles.